The van der Waals surface area contributed by atoms with E-state index >= 15 is 0 Å². The summed E-state index contributed by atoms with van der Waals surface area (Å²) < 4.78 is 1.89. The first kappa shape index (κ1) is 13.1. The molecule has 102 valence electrons. The Balaban J connectivity index is 1.94. The minimum Gasteiger partial charge on any atom is -0.481 e. The van der Waals surface area contributed by atoms with Crippen LogP contribution in [0.3, 0.4) is 0 Å². The van der Waals surface area contributed by atoms with Gasteiger partial charge in [0.1, 0.15) is 0 Å². The molecule has 0 bridgehead atoms. The molecule has 0 saturated carbocycles. The first-order chi connectivity index (χ1) is 9.65. The average molecular weight is 307 g/mol. The Labute approximate surface area is 124 Å². The fraction of sp³-hybridized carbons (Fsp3) is 0.143. The number of imidazole rings is 1. The van der Waals surface area contributed by atoms with Crippen molar-refractivity contribution in [3.8, 4) is 0 Å². The SMILES string of the molecule is O=C(O)C(Cc1cn2ccsc2n1)c1ccccc1Cl. The third-order valence-electron chi connectivity index (χ3n) is 3.14. The molecule has 20 heavy (non-hydrogen) atoms. The van der Waals surface area contributed by atoms with Crippen LogP contribution >= 0.6 is 22.9 Å². The van der Waals surface area contributed by atoms with E-state index in [1.165, 1.54) is 11.3 Å². The summed E-state index contributed by atoms with van der Waals surface area (Å²) >= 11 is 7.62. The van der Waals surface area contributed by atoms with E-state index in [0.29, 0.717) is 17.0 Å². The standard InChI is InChI=1S/C14H11ClN2O2S/c15-12-4-2-1-3-10(12)11(13(18)19)7-9-8-17-5-6-20-14(17)16-9/h1-6,8,11H,7H2,(H,18,19). The highest BCUT2D eigenvalue weighted by Gasteiger charge is 2.23. The first-order valence-electron chi connectivity index (χ1n) is 6.03. The van der Waals surface area contributed by atoms with Gasteiger partial charge in [0.25, 0.3) is 0 Å². The largest absolute Gasteiger partial charge is 0.481 e. The quantitative estimate of drug-likeness (QED) is 0.803. The molecule has 3 aromatic rings. The third kappa shape index (κ3) is 2.42. The molecule has 0 spiro atoms. The second-order valence-electron chi connectivity index (χ2n) is 4.44. The Morgan fingerprint density at radius 1 is 1.45 bits per heavy atom. The molecule has 4 nitrogen and oxygen atoms in total. The number of halogens is 1. The van der Waals surface area contributed by atoms with Gasteiger partial charge in [0, 0.05) is 29.2 Å². The van der Waals surface area contributed by atoms with Gasteiger partial charge in [-0.15, -0.1) is 11.3 Å². The van der Waals surface area contributed by atoms with Crippen LogP contribution in [0, 0.1) is 0 Å². The lowest BCUT2D eigenvalue weighted by Gasteiger charge is -2.12. The molecule has 0 saturated heterocycles. The maximum atomic E-state index is 11.5. The smallest absolute Gasteiger partial charge is 0.311 e. The predicted octanol–water partition coefficient (Wildman–Crippen LogP) is 3.46. The van der Waals surface area contributed by atoms with E-state index in [0.717, 1.165) is 10.7 Å². The molecule has 1 unspecified atom stereocenters. The van der Waals surface area contributed by atoms with Crippen LogP contribution in [0.1, 0.15) is 17.2 Å². The summed E-state index contributed by atoms with van der Waals surface area (Å²) in [5.74, 6) is -1.58. The van der Waals surface area contributed by atoms with Crippen molar-refractivity contribution >= 4 is 33.9 Å². The number of aromatic nitrogens is 2. The summed E-state index contributed by atoms with van der Waals surface area (Å²) in [6, 6.07) is 7.04. The van der Waals surface area contributed by atoms with Gasteiger partial charge in [-0.3, -0.25) is 9.20 Å². The highest BCUT2D eigenvalue weighted by atomic mass is 35.5. The van der Waals surface area contributed by atoms with Crippen LogP contribution in [-0.4, -0.2) is 20.5 Å². The van der Waals surface area contributed by atoms with Crippen molar-refractivity contribution in [2.24, 2.45) is 0 Å². The van der Waals surface area contributed by atoms with Crippen molar-refractivity contribution in [2.45, 2.75) is 12.3 Å². The molecule has 0 amide bonds. The third-order valence-corrected chi connectivity index (χ3v) is 4.25. The summed E-state index contributed by atoms with van der Waals surface area (Å²) in [5.41, 5.74) is 1.38. The molecular weight excluding hydrogens is 296 g/mol. The van der Waals surface area contributed by atoms with Gasteiger partial charge >= 0.3 is 5.97 Å². The number of carboxylic acids is 1. The molecule has 2 aromatic heterocycles. The molecule has 6 heteroatoms. The Kier molecular flexibility index (Phi) is 3.46. The Hall–Kier alpha value is -1.85. The average Bonchev–Trinajstić information content (AvgIpc) is 2.97. The van der Waals surface area contributed by atoms with Gasteiger partial charge in [-0.1, -0.05) is 29.8 Å². The van der Waals surface area contributed by atoms with E-state index in [1.807, 2.05) is 22.2 Å². The minimum absolute atomic E-state index is 0.327. The maximum absolute atomic E-state index is 11.5. The Morgan fingerprint density at radius 3 is 2.95 bits per heavy atom. The van der Waals surface area contributed by atoms with E-state index in [9.17, 15) is 9.90 Å². The molecule has 0 radical (unpaired) electrons. The van der Waals surface area contributed by atoms with Crippen molar-refractivity contribution in [1.82, 2.24) is 9.38 Å². The lowest BCUT2D eigenvalue weighted by Crippen LogP contribution is -2.15. The second kappa shape index (κ2) is 5.26. The van der Waals surface area contributed by atoms with Crippen molar-refractivity contribution in [1.29, 1.82) is 0 Å². The first-order valence-corrected chi connectivity index (χ1v) is 7.29. The number of hydrogen-bond acceptors (Lipinski definition) is 3. The van der Waals surface area contributed by atoms with E-state index in [-0.39, 0.29) is 0 Å². The van der Waals surface area contributed by atoms with Crippen molar-refractivity contribution in [3.63, 3.8) is 0 Å². The molecule has 2 heterocycles. The van der Waals surface area contributed by atoms with Gasteiger partial charge in [-0.25, -0.2) is 4.98 Å². The summed E-state index contributed by atoms with van der Waals surface area (Å²) in [7, 11) is 0. The van der Waals surface area contributed by atoms with Crippen LogP contribution < -0.4 is 0 Å². The van der Waals surface area contributed by atoms with E-state index in [1.54, 1.807) is 24.3 Å². The lowest BCUT2D eigenvalue weighted by molar-refractivity contribution is -0.138. The zero-order valence-corrected chi connectivity index (χ0v) is 11.9. The number of carboxylic acid groups (broad SMARTS) is 1. The second-order valence-corrected chi connectivity index (χ2v) is 5.72. The fourth-order valence-corrected chi connectivity index (χ4v) is 3.16. The van der Waals surface area contributed by atoms with Gasteiger partial charge in [0.15, 0.2) is 4.96 Å². The summed E-state index contributed by atoms with van der Waals surface area (Å²) in [5, 5.41) is 11.9. The van der Waals surface area contributed by atoms with Gasteiger partial charge in [-0.05, 0) is 11.6 Å². The van der Waals surface area contributed by atoms with Crippen molar-refractivity contribution < 1.29 is 9.90 Å². The van der Waals surface area contributed by atoms with Crippen LogP contribution in [0.15, 0.2) is 42.0 Å². The molecule has 1 aromatic carbocycles. The number of rotatable bonds is 4. The predicted molar refractivity (Wildman–Crippen MR) is 78.6 cm³/mol. The van der Waals surface area contributed by atoms with Crippen LogP contribution in [0.2, 0.25) is 5.02 Å². The fourth-order valence-electron chi connectivity index (χ4n) is 2.17. The number of hydrogen-bond donors (Lipinski definition) is 1. The maximum Gasteiger partial charge on any atom is 0.311 e. The molecule has 0 aliphatic rings. The number of nitrogens with zero attached hydrogens (tertiary/aromatic N) is 2. The van der Waals surface area contributed by atoms with Crippen LogP contribution in [0.4, 0.5) is 0 Å². The van der Waals surface area contributed by atoms with Gasteiger partial charge < -0.3 is 5.11 Å². The van der Waals surface area contributed by atoms with Crippen LogP contribution in [0.25, 0.3) is 4.96 Å². The molecule has 0 fully saturated rings. The topological polar surface area (TPSA) is 54.6 Å². The Bertz CT molecular complexity index is 737. The number of aliphatic carboxylic acids is 1. The highest BCUT2D eigenvalue weighted by Crippen LogP contribution is 2.28. The van der Waals surface area contributed by atoms with E-state index in [4.69, 9.17) is 11.6 Å². The van der Waals surface area contributed by atoms with E-state index in [2.05, 4.69) is 4.98 Å². The normalized spacial score (nSPS) is 12.7. The van der Waals surface area contributed by atoms with Gasteiger partial charge in [0.2, 0.25) is 0 Å². The zero-order valence-electron chi connectivity index (χ0n) is 10.4. The number of carbonyl (C=O) groups is 1. The van der Waals surface area contributed by atoms with Crippen LogP contribution in [-0.2, 0) is 11.2 Å². The molecule has 1 atom stereocenters. The van der Waals surface area contributed by atoms with E-state index < -0.39 is 11.9 Å². The van der Waals surface area contributed by atoms with Gasteiger partial charge in [-0.2, -0.15) is 0 Å². The molecule has 1 N–H and O–H groups in total. The van der Waals surface area contributed by atoms with Crippen molar-refractivity contribution in [3.05, 3.63) is 58.3 Å². The summed E-state index contributed by atoms with van der Waals surface area (Å²) in [6.45, 7) is 0. The minimum atomic E-state index is -0.894. The Morgan fingerprint density at radius 2 is 2.25 bits per heavy atom. The monoisotopic (exact) mass is 306 g/mol. The van der Waals surface area contributed by atoms with Crippen LogP contribution in [0.5, 0.6) is 0 Å². The number of thiazole rings is 1. The zero-order chi connectivity index (χ0) is 14.1. The number of benzene rings is 1. The van der Waals surface area contributed by atoms with Crippen molar-refractivity contribution in [2.75, 3.05) is 0 Å². The lowest BCUT2D eigenvalue weighted by atomic mass is 9.94. The summed E-state index contributed by atoms with van der Waals surface area (Å²) in [4.78, 5) is 16.8. The highest BCUT2D eigenvalue weighted by molar-refractivity contribution is 7.15. The molecular formula is C14H11ClN2O2S. The molecule has 3 rings (SSSR count). The number of fused-ring (bicyclic) bond motifs is 1. The summed E-state index contributed by atoms with van der Waals surface area (Å²) in [6.07, 6.45) is 4.09. The van der Waals surface area contributed by atoms with Gasteiger partial charge in [0.05, 0.1) is 11.6 Å². The molecule has 0 aliphatic heterocycles. The molecule has 0 aliphatic carbocycles.